The number of nitro benzene ring substituents is 1. The molecular formula is C23H19N5O4S2. The van der Waals surface area contributed by atoms with Crippen LogP contribution >= 0.6 is 22.7 Å². The molecule has 9 nitrogen and oxygen atoms in total. The van der Waals surface area contributed by atoms with Crippen molar-refractivity contribution in [2.24, 2.45) is 0 Å². The predicted octanol–water partition coefficient (Wildman–Crippen LogP) is 5.36. The molecule has 0 radical (unpaired) electrons. The molecule has 0 aliphatic carbocycles. The molecule has 5 aromatic rings. The lowest BCUT2D eigenvalue weighted by atomic mass is 10.2. The average Bonchev–Trinajstić information content (AvgIpc) is 3.59. The minimum absolute atomic E-state index is 0.000227. The van der Waals surface area contributed by atoms with E-state index in [1.54, 1.807) is 36.7 Å². The van der Waals surface area contributed by atoms with Crippen LogP contribution in [-0.4, -0.2) is 39.0 Å². The first-order valence-electron chi connectivity index (χ1n) is 10.4. The van der Waals surface area contributed by atoms with Gasteiger partial charge in [-0.1, -0.05) is 17.4 Å². The summed E-state index contributed by atoms with van der Waals surface area (Å²) in [5.41, 5.74) is 0.712. The number of hydrogen-bond donors (Lipinski definition) is 0. The molecule has 172 valence electrons. The molecule has 0 aliphatic heterocycles. The lowest BCUT2D eigenvalue weighted by molar-refractivity contribution is -0.384. The number of thiazole rings is 1. The molecule has 0 saturated carbocycles. The molecule has 0 unspecified atom stereocenters. The summed E-state index contributed by atoms with van der Waals surface area (Å²) in [4.78, 5) is 35.4. The van der Waals surface area contributed by atoms with Crippen molar-refractivity contribution >= 4 is 59.7 Å². The molecular weight excluding hydrogens is 474 g/mol. The van der Waals surface area contributed by atoms with E-state index in [4.69, 9.17) is 9.72 Å². The third kappa shape index (κ3) is 4.22. The number of thiophene rings is 1. The Kier molecular flexibility index (Phi) is 5.95. The molecule has 5 rings (SSSR count). The lowest BCUT2D eigenvalue weighted by Crippen LogP contribution is -2.31. The summed E-state index contributed by atoms with van der Waals surface area (Å²) in [5, 5.41) is 12.4. The summed E-state index contributed by atoms with van der Waals surface area (Å²) < 4.78 is 9.15. The number of hydrogen-bond acceptors (Lipinski definition) is 8. The Morgan fingerprint density at radius 1 is 1.21 bits per heavy atom. The van der Waals surface area contributed by atoms with E-state index in [1.807, 2.05) is 29.0 Å². The Hall–Kier alpha value is -3.83. The molecule has 34 heavy (non-hydrogen) atoms. The van der Waals surface area contributed by atoms with Gasteiger partial charge in [-0.15, -0.1) is 11.3 Å². The van der Waals surface area contributed by atoms with Crippen LogP contribution in [0.2, 0.25) is 0 Å². The van der Waals surface area contributed by atoms with Crippen LogP contribution in [-0.2, 0) is 6.54 Å². The SMILES string of the molecule is COc1cccc2sc(N(CCCn3ccnc3)C(=O)c3cc4cc([N+](=O)[O-])ccc4s3)nc12. The summed E-state index contributed by atoms with van der Waals surface area (Å²) in [6.45, 7) is 1.16. The minimum atomic E-state index is -0.435. The van der Waals surface area contributed by atoms with Gasteiger partial charge >= 0.3 is 0 Å². The number of imidazole rings is 1. The van der Waals surface area contributed by atoms with Gasteiger partial charge in [0.05, 0.1) is 27.9 Å². The predicted molar refractivity (Wildman–Crippen MR) is 133 cm³/mol. The minimum Gasteiger partial charge on any atom is -0.494 e. The monoisotopic (exact) mass is 493 g/mol. The molecule has 0 saturated heterocycles. The lowest BCUT2D eigenvalue weighted by Gasteiger charge is -2.19. The van der Waals surface area contributed by atoms with Gasteiger partial charge in [0.25, 0.3) is 11.6 Å². The number of carbonyl (C=O) groups excluding carboxylic acids is 1. The highest BCUT2D eigenvalue weighted by atomic mass is 32.1. The van der Waals surface area contributed by atoms with E-state index in [9.17, 15) is 14.9 Å². The van der Waals surface area contributed by atoms with Gasteiger partial charge in [0, 0.05) is 47.7 Å². The molecule has 3 aromatic heterocycles. The average molecular weight is 494 g/mol. The maximum absolute atomic E-state index is 13.7. The fourth-order valence-corrected chi connectivity index (χ4v) is 5.69. The Labute approximate surface area is 202 Å². The standard InChI is InChI=1S/C23H19N5O4S2/c1-32-17-4-2-5-19-21(17)25-23(34-19)27(10-3-9-26-11-8-24-14-26)22(29)20-13-15-12-16(28(30)31)6-7-18(15)33-20/h2,4-8,11-14H,3,9-10H2,1H3. The van der Waals surface area contributed by atoms with Crippen molar-refractivity contribution in [1.29, 1.82) is 0 Å². The molecule has 2 aromatic carbocycles. The van der Waals surface area contributed by atoms with E-state index >= 15 is 0 Å². The Bertz CT molecular complexity index is 1490. The summed E-state index contributed by atoms with van der Waals surface area (Å²) in [6, 6.07) is 12.0. The van der Waals surface area contributed by atoms with Gasteiger partial charge in [-0.3, -0.25) is 19.8 Å². The number of amides is 1. The van der Waals surface area contributed by atoms with Crippen molar-refractivity contribution in [3.63, 3.8) is 0 Å². The van der Waals surface area contributed by atoms with Crippen molar-refractivity contribution in [2.45, 2.75) is 13.0 Å². The largest absolute Gasteiger partial charge is 0.494 e. The fraction of sp³-hybridized carbons (Fsp3) is 0.174. The fourth-order valence-electron chi connectivity index (χ4n) is 3.69. The number of benzene rings is 2. The number of aryl methyl sites for hydroxylation is 1. The first kappa shape index (κ1) is 22.0. The van der Waals surface area contributed by atoms with Crippen LogP contribution in [0.4, 0.5) is 10.8 Å². The van der Waals surface area contributed by atoms with Gasteiger partial charge in [0.15, 0.2) is 5.13 Å². The van der Waals surface area contributed by atoms with Gasteiger partial charge < -0.3 is 9.30 Å². The Balaban J connectivity index is 1.50. The van der Waals surface area contributed by atoms with Crippen LogP contribution in [0.1, 0.15) is 16.1 Å². The zero-order valence-electron chi connectivity index (χ0n) is 18.1. The Morgan fingerprint density at radius 2 is 2.09 bits per heavy atom. The molecule has 0 aliphatic rings. The third-order valence-corrected chi connectivity index (χ3v) is 7.49. The van der Waals surface area contributed by atoms with Crippen LogP contribution < -0.4 is 9.64 Å². The van der Waals surface area contributed by atoms with Gasteiger partial charge in [-0.05, 0) is 30.7 Å². The second kappa shape index (κ2) is 9.20. The number of rotatable bonds is 8. The van der Waals surface area contributed by atoms with E-state index < -0.39 is 4.92 Å². The smallest absolute Gasteiger partial charge is 0.270 e. The third-order valence-electron chi connectivity index (χ3n) is 5.35. The first-order chi connectivity index (χ1) is 16.5. The Morgan fingerprint density at radius 3 is 2.85 bits per heavy atom. The molecule has 0 spiro atoms. The highest BCUT2D eigenvalue weighted by Crippen LogP contribution is 2.36. The summed E-state index contributed by atoms with van der Waals surface area (Å²) in [5.74, 6) is 0.465. The van der Waals surface area contributed by atoms with E-state index in [2.05, 4.69) is 4.98 Å². The first-order valence-corrected chi connectivity index (χ1v) is 12.1. The summed E-state index contributed by atoms with van der Waals surface area (Å²) in [7, 11) is 1.60. The van der Waals surface area contributed by atoms with Crippen LogP contribution in [0.25, 0.3) is 20.3 Å². The molecule has 0 atom stereocenters. The number of methoxy groups -OCH3 is 1. The number of anilines is 1. The number of para-hydroxylation sites is 1. The van der Waals surface area contributed by atoms with Crippen molar-refractivity contribution < 1.29 is 14.5 Å². The zero-order valence-corrected chi connectivity index (χ0v) is 19.7. The van der Waals surface area contributed by atoms with Crippen molar-refractivity contribution in [1.82, 2.24) is 14.5 Å². The molecule has 1 amide bonds. The number of nitrogens with zero attached hydrogens (tertiary/aromatic N) is 5. The zero-order chi connectivity index (χ0) is 23.7. The van der Waals surface area contributed by atoms with Gasteiger partial charge in [-0.25, -0.2) is 9.97 Å². The molecule has 0 fully saturated rings. The maximum atomic E-state index is 13.7. The highest BCUT2D eigenvalue weighted by Gasteiger charge is 2.24. The van der Waals surface area contributed by atoms with Crippen LogP contribution in [0.15, 0.2) is 61.2 Å². The van der Waals surface area contributed by atoms with Gasteiger partial charge in [0.1, 0.15) is 11.3 Å². The molecule has 0 bridgehead atoms. The van der Waals surface area contributed by atoms with E-state index in [0.717, 1.165) is 9.40 Å². The maximum Gasteiger partial charge on any atom is 0.270 e. The van der Waals surface area contributed by atoms with Crippen LogP contribution in [0.3, 0.4) is 0 Å². The number of ether oxygens (including phenoxy) is 1. The van der Waals surface area contributed by atoms with Crippen LogP contribution in [0.5, 0.6) is 5.75 Å². The van der Waals surface area contributed by atoms with Gasteiger partial charge in [0.2, 0.25) is 0 Å². The summed E-state index contributed by atoms with van der Waals surface area (Å²) >= 11 is 2.75. The normalized spacial score (nSPS) is 11.2. The van der Waals surface area contributed by atoms with Crippen molar-refractivity contribution in [2.75, 3.05) is 18.6 Å². The van der Waals surface area contributed by atoms with E-state index in [0.29, 0.717) is 46.2 Å². The van der Waals surface area contributed by atoms with Crippen molar-refractivity contribution in [3.8, 4) is 5.75 Å². The number of non-ortho nitro benzene ring substituents is 1. The second-order valence-electron chi connectivity index (χ2n) is 7.50. The van der Waals surface area contributed by atoms with Crippen molar-refractivity contribution in [3.05, 3.63) is 76.2 Å². The second-order valence-corrected chi connectivity index (χ2v) is 9.60. The summed E-state index contributed by atoms with van der Waals surface area (Å²) in [6.07, 6.45) is 6.05. The van der Waals surface area contributed by atoms with E-state index in [-0.39, 0.29) is 11.6 Å². The highest BCUT2D eigenvalue weighted by molar-refractivity contribution is 7.23. The van der Waals surface area contributed by atoms with E-state index in [1.165, 1.54) is 34.8 Å². The van der Waals surface area contributed by atoms with Crippen LogP contribution in [0, 0.1) is 10.1 Å². The number of aromatic nitrogens is 3. The van der Waals surface area contributed by atoms with Gasteiger partial charge in [-0.2, -0.15) is 0 Å². The molecule has 0 N–H and O–H groups in total. The molecule has 3 heterocycles. The molecule has 11 heteroatoms. The quantitative estimate of drug-likeness (QED) is 0.213. The number of nitro groups is 1. The number of carbonyl (C=O) groups is 1. The topological polar surface area (TPSA) is 103 Å². The number of fused-ring (bicyclic) bond motifs is 2.